The van der Waals surface area contributed by atoms with E-state index in [0.717, 1.165) is 31.2 Å². The number of nitrogens with one attached hydrogen (secondary N) is 1. The van der Waals surface area contributed by atoms with E-state index >= 15 is 0 Å². The molecule has 0 saturated carbocycles. The van der Waals surface area contributed by atoms with Crippen molar-refractivity contribution in [2.24, 2.45) is 0 Å². The van der Waals surface area contributed by atoms with Crippen LogP contribution in [0.4, 0.5) is 13.2 Å². The first-order valence-electron chi connectivity index (χ1n) is 12.0. The van der Waals surface area contributed by atoms with Crippen LogP contribution >= 0.6 is 11.8 Å². The van der Waals surface area contributed by atoms with Crippen LogP contribution in [0.15, 0.2) is 24.3 Å². The van der Waals surface area contributed by atoms with Gasteiger partial charge in [-0.25, -0.2) is 0 Å². The molecular weight excluding hydrogens is 451 g/mol. The molecule has 1 atom stereocenters. The number of hydrogen-bond acceptors (Lipinski definition) is 3. The largest absolute Gasteiger partial charge is 0.481 e. The first kappa shape index (κ1) is 29.3. The van der Waals surface area contributed by atoms with Gasteiger partial charge in [-0.2, -0.15) is 24.9 Å². The number of unbranched alkanes of at least 4 members (excludes halogenated alkanes) is 7. The standard InChI is InChI=1S/C25H38F3NO3S/c1-2-3-4-5-6-7-8-11-20-14-16-21(17-15-20)22(12-9-10-13-23(30)31)33-19-18-29-24(32)25(26,27)28/h14-17,22H,2-13,18-19H2,1H3,(H,29,32)(H,30,31). The number of carbonyl (C=O) groups excluding carboxylic acids is 1. The highest BCUT2D eigenvalue weighted by Gasteiger charge is 2.38. The summed E-state index contributed by atoms with van der Waals surface area (Å²) < 4.78 is 37.0. The molecule has 33 heavy (non-hydrogen) atoms. The summed E-state index contributed by atoms with van der Waals surface area (Å²) in [5.74, 6) is -2.40. The zero-order valence-corrected chi connectivity index (χ0v) is 20.4. The molecular formula is C25H38F3NO3S. The molecule has 0 heterocycles. The van der Waals surface area contributed by atoms with Gasteiger partial charge in [0.1, 0.15) is 0 Å². The fraction of sp³-hybridized carbons (Fsp3) is 0.680. The summed E-state index contributed by atoms with van der Waals surface area (Å²) in [7, 11) is 0. The Bertz CT molecular complexity index is 680. The number of carbonyl (C=O) groups is 2. The van der Waals surface area contributed by atoms with Crippen LogP contribution < -0.4 is 5.32 Å². The highest BCUT2D eigenvalue weighted by molar-refractivity contribution is 7.99. The summed E-state index contributed by atoms with van der Waals surface area (Å²) in [6.45, 7) is 2.15. The molecule has 0 aliphatic carbocycles. The number of thioether (sulfide) groups is 1. The highest BCUT2D eigenvalue weighted by Crippen LogP contribution is 2.34. The van der Waals surface area contributed by atoms with Crippen LogP contribution in [-0.4, -0.2) is 35.5 Å². The quantitative estimate of drug-likeness (QED) is 0.216. The van der Waals surface area contributed by atoms with Gasteiger partial charge in [-0.15, -0.1) is 0 Å². The maximum Gasteiger partial charge on any atom is 0.471 e. The SMILES string of the molecule is CCCCCCCCCc1ccc(C(CCCCC(=O)O)SCCNC(=O)C(F)(F)F)cc1. The molecule has 4 nitrogen and oxygen atoms in total. The molecule has 1 rings (SSSR count). The fourth-order valence-corrected chi connectivity index (χ4v) is 4.79. The Hall–Kier alpha value is -1.70. The Morgan fingerprint density at radius 2 is 1.61 bits per heavy atom. The number of rotatable bonds is 18. The lowest BCUT2D eigenvalue weighted by Gasteiger charge is -2.18. The van der Waals surface area contributed by atoms with E-state index in [1.54, 1.807) is 0 Å². The molecule has 0 fully saturated rings. The highest BCUT2D eigenvalue weighted by atomic mass is 32.2. The number of hydrogen-bond donors (Lipinski definition) is 2. The number of aliphatic carboxylic acids is 1. The number of benzene rings is 1. The predicted octanol–water partition coefficient (Wildman–Crippen LogP) is 7.08. The van der Waals surface area contributed by atoms with Gasteiger partial charge in [-0.1, -0.05) is 76.1 Å². The van der Waals surface area contributed by atoms with Crippen molar-refractivity contribution in [2.75, 3.05) is 12.3 Å². The van der Waals surface area contributed by atoms with Crippen LogP contribution in [0, 0.1) is 0 Å². The van der Waals surface area contributed by atoms with Crippen molar-refractivity contribution in [1.29, 1.82) is 0 Å². The second-order valence-corrected chi connectivity index (χ2v) is 9.68. The van der Waals surface area contributed by atoms with Crippen LogP contribution in [0.3, 0.4) is 0 Å². The molecule has 0 radical (unpaired) electrons. The fourth-order valence-electron chi connectivity index (χ4n) is 3.60. The lowest BCUT2D eigenvalue weighted by atomic mass is 10.0. The molecule has 1 unspecified atom stereocenters. The average Bonchev–Trinajstić information content (AvgIpc) is 2.77. The van der Waals surface area contributed by atoms with Crippen LogP contribution in [0.1, 0.15) is 93.9 Å². The average molecular weight is 490 g/mol. The third-order valence-corrected chi connectivity index (χ3v) is 6.84. The zero-order valence-electron chi connectivity index (χ0n) is 19.6. The molecule has 1 aromatic rings. The third kappa shape index (κ3) is 14.2. The van der Waals surface area contributed by atoms with Crippen LogP contribution in [0.2, 0.25) is 0 Å². The molecule has 2 N–H and O–H groups in total. The summed E-state index contributed by atoms with van der Waals surface area (Å²) >= 11 is 1.49. The van der Waals surface area contributed by atoms with Gasteiger partial charge in [0.15, 0.2) is 0 Å². The molecule has 0 aliphatic rings. The second-order valence-electron chi connectivity index (χ2n) is 8.37. The molecule has 0 saturated heterocycles. The first-order chi connectivity index (χ1) is 15.7. The second kappa shape index (κ2) is 16.8. The van der Waals surface area contributed by atoms with E-state index in [1.807, 2.05) is 5.32 Å². The molecule has 0 spiro atoms. The molecule has 0 bridgehead atoms. The number of carboxylic acid groups (broad SMARTS) is 1. The first-order valence-corrected chi connectivity index (χ1v) is 13.1. The Balaban J connectivity index is 2.51. The summed E-state index contributed by atoms with van der Waals surface area (Å²) in [5, 5.41) is 10.8. The maximum absolute atomic E-state index is 12.3. The molecule has 0 aliphatic heterocycles. The van der Waals surface area contributed by atoms with Crippen molar-refractivity contribution in [1.82, 2.24) is 5.32 Å². The van der Waals surface area contributed by atoms with E-state index in [4.69, 9.17) is 5.11 Å². The zero-order chi connectivity index (χ0) is 24.5. The van der Waals surface area contributed by atoms with Crippen LogP contribution in [0.5, 0.6) is 0 Å². The van der Waals surface area contributed by atoms with Gasteiger partial charge < -0.3 is 10.4 Å². The topological polar surface area (TPSA) is 66.4 Å². The van der Waals surface area contributed by atoms with Gasteiger partial charge >= 0.3 is 18.1 Å². The summed E-state index contributed by atoms with van der Waals surface area (Å²) in [6, 6.07) is 8.37. The minimum atomic E-state index is -4.87. The summed E-state index contributed by atoms with van der Waals surface area (Å²) in [6.07, 6.45) is 7.16. The van der Waals surface area contributed by atoms with E-state index in [-0.39, 0.29) is 18.2 Å². The maximum atomic E-state index is 12.3. The molecule has 1 aromatic carbocycles. The van der Waals surface area contributed by atoms with Crippen molar-refractivity contribution in [3.05, 3.63) is 35.4 Å². The van der Waals surface area contributed by atoms with E-state index in [0.29, 0.717) is 12.2 Å². The van der Waals surface area contributed by atoms with Gasteiger partial charge in [0.05, 0.1) is 0 Å². The number of halogens is 3. The van der Waals surface area contributed by atoms with E-state index in [2.05, 4.69) is 31.2 Å². The Morgan fingerprint density at radius 3 is 2.21 bits per heavy atom. The van der Waals surface area contributed by atoms with Crippen molar-refractivity contribution in [3.8, 4) is 0 Å². The number of amides is 1. The van der Waals surface area contributed by atoms with Crippen LogP contribution in [0.25, 0.3) is 0 Å². The Kier molecular flexibility index (Phi) is 15.0. The number of aryl methyl sites for hydroxylation is 1. The van der Waals surface area contributed by atoms with Gasteiger partial charge in [-0.3, -0.25) is 9.59 Å². The normalized spacial score (nSPS) is 12.5. The Morgan fingerprint density at radius 1 is 0.970 bits per heavy atom. The van der Waals surface area contributed by atoms with Gasteiger partial charge in [0.2, 0.25) is 0 Å². The predicted molar refractivity (Wildman–Crippen MR) is 129 cm³/mol. The number of carboxylic acids is 1. The van der Waals surface area contributed by atoms with E-state index in [1.165, 1.54) is 55.9 Å². The van der Waals surface area contributed by atoms with Gasteiger partial charge in [-0.05, 0) is 36.8 Å². The van der Waals surface area contributed by atoms with E-state index in [9.17, 15) is 22.8 Å². The Labute approximate surface area is 200 Å². The lowest BCUT2D eigenvalue weighted by molar-refractivity contribution is -0.173. The smallest absolute Gasteiger partial charge is 0.471 e. The molecule has 1 amide bonds. The van der Waals surface area contributed by atoms with Crippen molar-refractivity contribution >= 4 is 23.6 Å². The van der Waals surface area contributed by atoms with Gasteiger partial charge in [0, 0.05) is 24.0 Å². The molecule has 188 valence electrons. The van der Waals surface area contributed by atoms with Crippen molar-refractivity contribution in [2.45, 2.75) is 95.4 Å². The lowest BCUT2D eigenvalue weighted by Crippen LogP contribution is -2.37. The van der Waals surface area contributed by atoms with Crippen molar-refractivity contribution in [3.63, 3.8) is 0 Å². The van der Waals surface area contributed by atoms with E-state index < -0.39 is 18.1 Å². The summed E-state index contributed by atoms with van der Waals surface area (Å²) in [5.41, 5.74) is 2.36. The van der Waals surface area contributed by atoms with Crippen molar-refractivity contribution < 1.29 is 27.9 Å². The minimum Gasteiger partial charge on any atom is -0.481 e. The third-order valence-electron chi connectivity index (χ3n) is 5.49. The molecule has 0 aromatic heterocycles. The monoisotopic (exact) mass is 489 g/mol. The number of alkyl halides is 3. The summed E-state index contributed by atoms with van der Waals surface area (Å²) in [4.78, 5) is 21.7. The van der Waals surface area contributed by atoms with Crippen LogP contribution in [-0.2, 0) is 16.0 Å². The minimum absolute atomic E-state index is 0.0502. The van der Waals surface area contributed by atoms with Gasteiger partial charge in [0.25, 0.3) is 0 Å². The molecule has 8 heteroatoms.